The first-order valence-electron chi connectivity index (χ1n) is 12.5. The molecule has 0 radical (unpaired) electrons. The summed E-state index contributed by atoms with van der Waals surface area (Å²) >= 11 is 0. The van der Waals surface area contributed by atoms with Crippen molar-refractivity contribution in [3.63, 3.8) is 0 Å². The van der Waals surface area contributed by atoms with Crippen LogP contribution in [0.4, 0.5) is 24.5 Å². The maximum atomic E-state index is 13.6. The van der Waals surface area contributed by atoms with Gasteiger partial charge in [-0.25, -0.2) is 0 Å². The van der Waals surface area contributed by atoms with Crippen LogP contribution in [0.5, 0.6) is 0 Å². The van der Waals surface area contributed by atoms with Crippen LogP contribution in [0.1, 0.15) is 51.1 Å². The first-order valence-corrected chi connectivity index (χ1v) is 12.5. The zero-order valence-electron chi connectivity index (χ0n) is 21.5. The van der Waals surface area contributed by atoms with E-state index in [1.165, 1.54) is 0 Å². The number of carbonyl (C=O) groups excluding carboxylic acids is 1. The summed E-state index contributed by atoms with van der Waals surface area (Å²) in [7, 11) is 1.87. The molecule has 3 aromatic rings. The number of nitrogens with one attached hydrogen (secondary N) is 3. The van der Waals surface area contributed by atoms with Gasteiger partial charge in [0, 0.05) is 42.3 Å². The number of nitrogens with zero attached hydrogens (tertiary/aromatic N) is 4. The van der Waals surface area contributed by atoms with Gasteiger partial charge in [0.05, 0.1) is 23.1 Å². The fraction of sp³-hybridized carbons (Fsp3) is 0.333. The van der Waals surface area contributed by atoms with Crippen molar-refractivity contribution in [2.24, 2.45) is 7.05 Å². The summed E-state index contributed by atoms with van der Waals surface area (Å²) in [5.74, 6) is -0.489. The molecule has 2 aromatic carbocycles. The average molecular weight is 526 g/mol. The third-order valence-electron chi connectivity index (χ3n) is 7.01. The number of aryl methyl sites for hydroxylation is 2. The fourth-order valence-electron chi connectivity index (χ4n) is 4.78. The number of hydrazine groups is 2. The highest BCUT2D eigenvalue weighted by molar-refractivity contribution is 6.05. The molecule has 0 bridgehead atoms. The first-order chi connectivity index (χ1) is 18.1. The number of halogens is 3. The van der Waals surface area contributed by atoms with Crippen LogP contribution in [0, 0.1) is 13.8 Å². The molecule has 0 saturated carbocycles. The molecule has 2 aliphatic heterocycles. The standard InChI is InChI=1S/C27H30F3N7O/c1-17-6-7-20(12-25(17)37-16-24(33-34-37)23-14-31-35(3)18(23)2)26(38)32-22-11-19(15-36-8-4-5-9-36)10-21(13-22)27(28,29)30/h6-7,10-14,16,33-34H,4-5,8-9,15H2,1-3H3,(H,32,38). The second-order valence-electron chi connectivity index (χ2n) is 9.77. The summed E-state index contributed by atoms with van der Waals surface area (Å²) in [4.78, 5) is 15.3. The third kappa shape index (κ3) is 5.39. The van der Waals surface area contributed by atoms with Gasteiger partial charge in [0.25, 0.3) is 5.91 Å². The lowest BCUT2D eigenvalue weighted by Crippen LogP contribution is -2.36. The SMILES string of the molecule is Cc1ccc(C(=O)Nc2cc(CN3CCCC3)cc(C(F)(F)F)c2)cc1N1C=C(c2cnn(C)c2C)NN1. The van der Waals surface area contributed by atoms with Crippen LogP contribution in [-0.2, 0) is 19.8 Å². The van der Waals surface area contributed by atoms with Gasteiger partial charge in [-0.2, -0.15) is 18.3 Å². The van der Waals surface area contributed by atoms with Gasteiger partial charge in [-0.1, -0.05) is 6.07 Å². The molecule has 1 saturated heterocycles. The third-order valence-corrected chi connectivity index (χ3v) is 7.01. The molecule has 2 aliphatic rings. The molecule has 38 heavy (non-hydrogen) atoms. The van der Waals surface area contributed by atoms with Gasteiger partial charge in [-0.3, -0.25) is 19.4 Å². The van der Waals surface area contributed by atoms with Gasteiger partial charge < -0.3 is 10.7 Å². The van der Waals surface area contributed by atoms with Crippen LogP contribution < -0.4 is 21.3 Å². The number of alkyl halides is 3. The van der Waals surface area contributed by atoms with E-state index in [0.717, 1.165) is 66.3 Å². The summed E-state index contributed by atoms with van der Waals surface area (Å²) in [6.07, 6.45) is 1.20. The predicted octanol–water partition coefficient (Wildman–Crippen LogP) is 4.73. The van der Waals surface area contributed by atoms with Crippen molar-refractivity contribution < 1.29 is 18.0 Å². The highest BCUT2D eigenvalue weighted by atomic mass is 19.4. The Bertz CT molecular complexity index is 1390. The predicted molar refractivity (Wildman–Crippen MR) is 140 cm³/mol. The molecule has 0 atom stereocenters. The number of carbonyl (C=O) groups is 1. The van der Waals surface area contributed by atoms with Crippen LogP contribution in [-0.4, -0.2) is 33.7 Å². The van der Waals surface area contributed by atoms with E-state index in [9.17, 15) is 18.0 Å². The van der Waals surface area contributed by atoms with Gasteiger partial charge in [-0.05, 0) is 81.2 Å². The lowest BCUT2D eigenvalue weighted by molar-refractivity contribution is -0.137. The van der Waals surface area contributed by atoms with Gasteiger partial charge in [0.15, 0.2) is 0 Å². The summed E-state index contributed by atoms with van der Waals surface area (Å²) < 4.78 is 42.6. The quantitative estimate of drug-likeness (QED) is 0.432. The van der Waals surface area contributed by atoms with Crippen molar-refractivity contribution in [1.82, 2.24) is 25.6 Å². The van der Waals surface area contributed by atoms with E-state index >= 15 is 0 Å². The number of benzene rings is 2. The Hall–Kier alpha value is -3.83. The van der Waals surface area contributed by atoms with Crippen molar-refractivity contribution >= 4 is 23.0 Å². The normalized spacial score (nSPS) is 16.1. The largest absolute Gasteiger partial charge is 0.416 e. The van der Waals surface area contributed by atoms with E-state index in [4.69, 9.17) is 0 Å². The minimum atomic E-state index is -4.51. The maximum Gasteiger partial charge on any atom is 0.416 e. The molecule has 5 rings (SSSR count). The van der Waals surface area contributed by atoms with Gasteiger partial charge >= 0.3 is 6.18 Å². The summed E-state index contributed by atoms with van der Waals surface area (Å²) in [5, 5.41) is 8.71. The molecule has 3 heterocycles. The van der Waals surface area contributed by atoms with Gasteiger partial charge in [0.1, 0.15) is 0 Å². The molecule has 0 unspecified atom stereocenters. The van der Waals surface area contributed by atoms with Gasteiger partial charge in [-0.15, -0.1) is 5.53 Å². The molecule has 200 valence electrons. The molecule has 1 amide bonds. The number of aromatic nitrogens is 2. The van der Waals surface area contributed by atoms with Crippen LogP contribution in [0.2, 0.25) is 0 Å². The molecule has 0 aliphatic carbocycles. The van der Waals surface area contributed by atoms with E-state index in [-0.39, 0.29) is 5.69 Å². The Balaban J connectivity index is 1.38. The van der Waals surface area contributed by atoms with Gasteiger partial charge in [0.2, 0.25) is 0 Å². The Morgan fingerprint density at radius 1 is 1.11 bits per heavy atom. The highest BCUT2D eigenvalue weighted by Gasteiger charge is 2.31. The Kier molecular flexibility index (Phi) is 6.89. The minimum Gasteiger partial charge on any atom is -0.322 e. The number of likely N-dealkylation sites (tertiary alicyclic amines) is 1. The highest BCUT2D eigenvalue weighted by Crippen LogP contribution is 2.33. The van der Waals surface area contributed by atoms with Crippen molar-refractivity contribution in [3.05, 3.63) is 82.3 Å². The van der Waals surface area contributed by atoms with Crippen molar-refractivity contribution in [2.75, 3.05) is 23.4 Å². The Morgan fingerprint density at radius 3 is 2.55 bits per heavy atom. The maximum absolute atomic E-state index is 13.6. The first kappa shape index (κ1) is 25.8. The molecular formula is C27H30F3N7O. The smallest absolute Gasteiger partial charge is 0.322 e. The minimum absolute atomic E-state index is 0.122. The topological polar surface area (TPSA) is 77.5 Å². The number of rotatable bonds is 6. The second kappa shape index (κ2) is 10.1. The summed E-state index contributed by atoms with van der Waals surface area (Å²) in [6, 6.07) is 8.94. The Morgan fingerprint density at radius 2 is 1.87 bits per heavy atom. The number of hydrogen-bond acceptors (Lipinski definition) is 6. The van der Waals surface area contributed by atoms with Crippen LogP contribution >= 0.6 is 0 Å². The monoisotopic (exact) mass is 525 g/mol. The number of anilines is 2. The van der Waals surface area contributed by atoms with Crippen LogP contribution in [0.3, 0.4) is 0 Å². The van der Waals surface area contributed by atoms with E-state index in [1.54, 1.807) is 40.2 Å². The second-order valence-corrected chi connectivity index (χ2v) is 9.77. The molecule has 8 nitrogen and oxygen atoms in total. The average Bonchev–Trinajstić information content (AvgIpc) is 3.62. The molecular weight excluding hydrogens is 495 g/mol. The number of amides is 1. The van der Waals surface area contributed by atoms with E-state index < -0.39 is 17.6 Å². The molecule has 1 fully saturated rings. The molecule has 11 heteroatoms. The summed E-state index contributed by atoms with van der Waals surface area (Å²) in [5.41, 5.74) is 10.8. The number of hydrogen-bond donors (Lipinski definition) is 3. The zero-order chi connectivity index (χ0) is 27.0. The Labute approximate surface area is 219 Å². The zero-order valence-corrected chi connectivity index (χ0v) is 21.5. The van der Waals surface area contributed by atoms with Crippen LogP contribution in [0.15, 0.2) is 48.8 Å². The van der Waals surface area contributed by atoms with E-state index in [2.05, 4.69) is 26.3 Å². The van der Waals surface area contributed by atoms with Crippen molar-refractivity contribution in [3.8, 4) is 0 Å². The van der Waals surface area contributed by atoms with E-state index in [1.807, 2.05) is 27.1 Å². The molecule has 1 aromatic heterocycles. The lowest BCUT2D eigenvalue weighted by atomic mass is 10.1. The summed E-state index contributed by atoms with van der Waals surface area (Å²) in [6.45, 7) is 6.02. The van der Waals surface area contributed by atoms with Crippen molar-refractivity contribution in [2.45, 2.75) is 39.4 Å². The fourth-order valence-corrected chi connectivity index (χ4v) is 4.78. The lowest BCUT2D eigenvalue weighted by Gasteiger charge is -2.19. The van der Waals surface area contributed by atoms with Crippen molar-refractivity contribution in [1.29, 1.82) is 0 Å². The molecule has 3 N–H and O–H groups in total. The van der Waals surface area contributed by atoms with Crippen LogP contribution in [0.25, 0.3) is 5.70 Å². The molecule has 0 spiro atoms. The van der Waals surface area contributed by atoms with E-state index in [0.29, 0.717) is 17.7 Å².